The second-order valence-electron chi connectivity index (χ2n) is 10.8. The number of carbonyl (C=O) groups is 1. The number of hydrogen-bond acceptors (Lipinski definition) is 1. The second-order valence-corrected chi connectivity index (χ2v) is 10.8. The Bertz CT molecular complexity index is 802. The first-order chi connectivity index (χ1) is 18.4. The minimum Gasteiger partial charge on any atom is -0.300 e. The van der Waals surface area contributed by atoms with Crippen LogP contribution in [0.1, 0.15) is 131 Å². The number of rotatable bonds is 9. The van der Waals surface area contributed by atoms with Crippen LogP contribution in [0.5, 0.6) is 0 Å². The Morgan fingerprint density at radius 3 is 1.95 bits per heavy atom. The molecule has 0 spiro atoms. The molecule has 1 aromatic carbocycles. The minimum absolute atomic E-state index is 0.381. The molecule has 1 nitrogen and oxygen atoms in total. The van der Waals surface area contributed by atoms with Gasteiger partial charge in [-0.1, -0.05) is 140 Å². The van der Waals surface area contributed by atoms with Crippen LogP contribution in [0.25, 0.3) is 0 Å². The first-order valence-electron chi connectivity index (χ1n) is 16.0. The number of Topliss-reactive ketones (excluding diaryl/α,β-unsaturated/α-hetero) is 1. The molecular formula is C37H62O. The summed E-state index contributed by atoms with van der Waals surface area (Å²) < 4.78 is 0. The molecule has 216 valence electrons. The molecule has 0 saturated heterocycles. The van der Waals surface area contributed by atoms with Crippen molar-refractivity contribution in [3.63, 3.8) is 0 Å². The van der Waals surface area contributed by atoms with E-state index in [1.807, 2.05) is 27.7 Å². The van der Waals surface area contributed by atoms with E-state index in [0.29, 0.717) is 23.5 Å². The van der Waals surface area contributed by atoms with Crippen molar-refractivity contribution in [2.75, 3.05) is 0 Å². The van der Waals surface area contributed by atoms with Crippen LogP contribution in [-0.2, 0) is 11.2 Å². The highest BCUT2D eigenvalue weighted by molar-refractivity contribution is 5.78. The van der Waals surface area contributed by atoms with E-state index >= 15 is 0 Å². The topological polar surface area (TPSA) is 17.1 Å². The Balaban J connectivity index is 0.000000532. The van der Waals surface area contributed by atoms with Gasteiger partial charge in [-0.15, -0.1) is 0 Å². The lowest BCUT2D eigenvalue weighted by Gasteiger charge is -2.29. The molecule has 38 heavy (non-hydrogen) atoms. The number of hydrogen-bond donors (Lipinski definition) is 0. The van der Waals surface area contributed by atoms with E-state index in [4.69, 9.17) is 0 Å². The van der Waals surface area contributed by atoms with Crippen LogP contribution in [-0.4, -0.2) is 5.78 Å². The maximum atomic E-state index is 10.4. The summed E-state index contributed by atoms with van der Waals surface area (Å²) in [6.45, 7) is 22.9. The van der Waals surface area contributed by atoms with Crippen molar-refractivity contribution in [2.45, 2.75) is 133 Å². The summed E-state index contributed by atoms with van der Waals surface area (Å²) >= 11 is 0. The Hall–Kier alpha value is -1.89. The van der Waals surface area contributed by atoms with Gasteiger partial charge in [0.05, 0.1) is 0 Å². The summed E-state index contributed by atoms with van der Waals surface area (Å²) in [5.74, 6) is 3.01. The molecule has 2 fully saturated rings. The first kappa shape index (κ1) is 36.1. The second kappa shape index (κ2) is 22.0. The average Bonchev–Trinajstić information content (AvgIpc) is 3.73. The molecule has 2 unspecified atom stereocenters. The molecule has 0 N–H and O–H groups in total. The monoisotopic (exact) mass is 522 g/mol. The van der Waals surface area contributed by atoms with Crippen molar-refractivity contribution in [1.82, 2.24) is 0 Å². The highest BCUT2D eigenvalue weighted by atomic mass is 16.1. The molecule has 0 amide bonds. The van der Waals surface area contributed by atoms with Crippen LogP contribution in [0.2, 0.25) is 0 Å². The maximum absolute atomic E-state index is 10.4. The molecule has 0 aliphatic heterocycles. The Morgan fingerprint density at radius 1 is 0.921 bits per heavy atom. The number of ketones is 1. The number of carbonyl (C=O) groups excluding carboxylic acids is 1. The Labute approximate surface area is 238 Å². The first-order valence-corrected chi connectivity index (χ1v) is 16.0. The van der Waals surface area contributed by atoms with Gasteiger partial charge in [0, 0.05) is 11.8 Å². The van der Waals surface area contributed by atoms with Gasteiger partial charge in [0.25, 0.3) is 0 Å². The fourth-order valence-corrected chi connectivity index (χ4v) is 4.90. The van der Waals surface area contributed by atoms with E-state index in [0.717, 1.165) is 18.8 Å². The number of benzene rings is 1. The smallest absolute Gasteiger partial charge is 0.132 e. The maximum Gasteiger partial charge on any atom is 0.132 e. The van der Waals surface area contributed by atoms with E-state index in [1.165, 1.54) is 74.5 Å². The summed E-state index contributed by atoms with van der Waals surface area (Å²) in [5.41, 5.74) is 5.96. The van der Waals surface area contributed by atoms with Crippen molar-refractivity contribution in [2.24, 2.45) is 23.7 Å². The minimum atomic E-state index is 0.381. The quantitative estimate of drug-likeness (QED) is 0.233. The molecule has 2 saturated carbocycles. The van der Waals surface area contributed by atoms with Gasteiger partial charge < -0.3 is 0 Å². The summed E-state index contributed by atoms with van der Waals surface area (Å²) in [6.07, 6.45) is 21.0. The van der Waals surface area contributed by atoms with Crippen molar-refractivity contribution >= 4 is 5.78 Å². The van der Waals surface area contributed by atoms with Crippen molar-refractivity contribution in [3.05, 3.63) is 71.3 Å². The molecular weight excluding hydrogens is 460 g/mol. The number of allylic oxidation sites excluding steroid dienone is 5. The lowest BCUT2D eigenvalue weighted by molar-refractivity contribution is -0.122. The zero-order valence-electron chi connectivity index (χ0n) is 26.7. The van der Waals surface area contributed by atoms with Gasteiger partial charge >= 0.3 is 0 Å². The fourth-order valence-electron chi connectivity index (χ4n) is 4.90. The summed E-state index contributed by atoms with van der Waals surface area (Å²) in [5, 5.41) is 0. The average molecular weight is 523 g/mol. The van der Waals surface area contributed by atoms with Gasteiger partial charge in [0.2, 0.25) is 0 Å². The van der Waals surface area contributed by atoms with Crippen LogP contribution in [0, 0.1) is 30.6 Å². The van der Waals surface area contributed by atoms with Crippen LogP contribution >= 0.6 is 0 Å². The Morgan fingerprint density at radius 2 is 1.53 bits per heavy atom. The third-order valence-electron chi connectivity index (χ3n) is 7.52. The van der Waals surface area contributed by atoms with Gasteiger partial charge in [-0.2, -0.15) is 0 Å². The van der Waals surface area contributed by atoms with Crippen LogP contribution < -0.4 is 0 Å². The normalized spacial score (nSPS) is 19.3. The van der Waals surface area contributed by atoms with Gasteiger partial charge in [0.15, 0.2) is 0 Å². The number of unbranched alkanes of at least 4 members (excludes halogenated alkanes) is 2. The molecule has 3 aliphatic carbocycles. The van der Waals surface area contributed by atoms with Crippen molar-refractivity contribution < 1.29 is 4.79 Å². The standard InChI is InChI=1S/C15H22.C12H18.C6H10O.2C2H6/c1-4-6-11(2)15-12(3)7-5-8-14(15)13-9-10-13;1-3-4-5-6-12-9-7-11(2)8-10-12;1-5(7)6-3-2-4-6;2*1-2/h5,7-8,12-13,15H,2,4,6,9-10H2,1,3H3;7-10H,3-6H2,1-2H3;6H,2-4H2,1H3;2*1-2H3. The largest absolute Gasteiger partial charge is 0.300 e. The SMILES string of the molecule is C=C(CCC)C1C(C2CC2)=CC=CC1C.CC.CC.CC(=O)C1CCC1.CCCCCc1ccc(C)cc1. The zero-order chi connectivity index (χ0) is 28.9. The fraction of sp³-hybridized carbons (Fsp3) is 0.649. The highest BCUT2D eigenvalue weighted by Gasteiger charge is 2.34. The zero-order valence-corrected chi connectivity index (χ0v) is 26.7. The lowest BCUT2D eigenvalue weighted by atomic mass is 9.75. The third-order valence-corrected chi connectivity index (χ3v) is 7.52. The van der Waals surface area contributed by atoms with Crippen LogP contribution in [0.4, 0.5) is 0 Å². The predicted octanol–water partition coefficient (Wildman–Crippen LogP) is 11.7. The van der Waals surface area contributed by atoms with E-state index in [-0.39, 0.29) is 0 Å². The molecule has 2 atom stereocenters. The molecule has 0 heterocycles. The summed E-state index contributed by atoms with van der Waals surface area (Å²) in [4.78, 5) is 10.4. The van der Waals surface area contributed by atoms with Crippen LogP contribution in [0.3, 0.4) is 0 Å². The van der Waals surface area contributed by atoms with E-state index in [2.05, 4.69) is 76.8 Å². The van der Waals surface area contributed by atoms with Gasteiger partial charge in [0.1, 0.15) is 5.78 Å². The lowest BCUT2D eigenvalue weighted by Crippen LogP contribution is -2.18. The third kappa shape index (κ3) is 14.3. The molecule has 3 aliphatic rings. The van der Waals surface area contributed by atoms with Gasteiger partial charge in [-0.3, -0.25) is 4.79 Å². The molecule has 1 aromatic rings. The predicted molar refractivity (Wildman–Crippen MR) is 172 cm³/mol. The molecule has 0 bridgehead atoms. The van der Waals surface area contributed by atoms with Crippen LogP contribution in [0.15, 0.2) is 60.2 Å². The van der Waals surface area contributed by atoms with Crippen molar-refractivity contribution in [1.29, 1.82) is 0 Å². The van der Waals surface area contributed by atoms with Gasteiger partial charge in [-0.25, -0.2) is 0 Å². The molecule has 0 aromatic heterocycles. The van der Waals surface area contributed by atoms with Gasteiger partial charge in [-0.05, 0) is 76.2 Å². The van der Waals surface area contributed by atoms with E-state index in [9.17, 15) is 4.79 Å². The molecule has 1 heteroatoms. The van der Waals surface area contributed by atoms with E-state index < -0.39 is 0 Å². The molecule has 4 rings (SSSR count). The van der Waals surface area contributed by atoms with E-state index in [1.54, 1.807) is 12.5 Å². The summed E-state index contributed by atoms with van der Waals surface area (Å²) in [7, 11) is 0. The number of aryl methyl sites for hydroxylation is 2. The summed E-state index contributed by atoms with van der Waals surface area (Å²) in [6, 6.07) is 8.87. The Kier molecular flexibility index (Phi) is 20.9. The van der Waals surface area contributed by atoms with Crippen molar-refractivity contribution in [3.8, 4) is 0 Å². The highest BCUT2D eigenvalue weighted by Crippen LogP contribution is 2.46. The molecule has 0 radical (unpaired) electrons.